The fraction of sp³-hybridized carbons (Fsp3) is 0.227. The summed E-state index contributed by atoms with van der Waals surface area (Å²) in [6, 6.07) is 13.1. The van der Waals surface area contributed by atoms with Gasteiger partial charge in [-0.25, -0.2) is 9.79 Å². The fourth-order valence-electron chi connectivity index (χ4n) is 2.85. The minimum Gasteiger partial charge on any atom is -0.494 e. The maximum Gasteiger partial charge on any atom is 0.333 e. The summed E-state index contributed by atoms with van der Waals surface area (Å²) in [4.78, 5) is 29.7. The number of aromatic hydroxyl groups is 1. The van der Waals surface area contributed by atoms with Crippen LogP contribution in [0.3, 0.4) is 0 Å². The van der Waals surface area contributed by atoms with Crippen molar-refractivity contribution in [2.75, 3.05) is 0 Å². The molecule has 6 nitrogen and oxygen atoms in total. The first-order valence-corrected chi connectivity index (χ1v) is 10.6. The van der Waals surface area contributed by atoms with Crippen LogP contribution in [0.1, 0.15) is 22.3 Å². The van der Waals surface area contributed by atoms with Gasteiger partial charge in [0.05, 0.1) is 5.69 Å². The molecule has 1 N–H and O–H groups in total. The molecule has 0 bridgehead atoms. The highest BCUT2D eigenvalue weighted by molar-refractivity contribution is 8.13. The molecular formula is C22H22ClN3O3S. The number of nitrogens with zero attached hydrogens (tertiary/aromatic N) is 3. The third-order valence-electron chi connectivity index (χ3n) is 4.89. The molecule has 30 heavy (non-hydrogen) atoms. The van der Waals surface area contributed by atoms with Crippen LogP contribution < -0.4 is 11.2 Å². The monoisotopic (exact) mass is 443 g/mol. The Morgan fingerprint density at radius 1 is 1.07 bits per heavy atom. The van der Waals surface area contributed by atoms with E-state index >= 15 is 0 Å². The third-order valence-corrected chi connectivity index (χ3v) is 6.28. The van der Waals surface area contributed by atoms with Crippen LogP contribution in [0.5, 0.6) is 5.88 Å². The summed E-state index contributed by atoms with van der Waals surface area (Å²) in [5.74, 6) is 0.0201. The van der Waals surface area contributed by atoms with Gasteiger partial charge in [0.15, 0.2) is 0 Å². The van der Waals surface area contributed by atoms with E-state index in [0.29, 0.717) is 21.5 Å². The summed E-state index contributed by atoms with van der Waals surface area (Å²) >= 11 is 7.55. The van der Waals surface area contributed by atoms with Crippen LogP contribution in [0.25, 0.3) is 0 Å². The Balaban J connectivity index is 2.16. The maximum absolute atomic E-state index is 12.9. The van der Waals surface area contributed by atoms with Gasteiger partial charge >= 0.3 is 5.69 Å². The normalized spacial score (nSPS) is 11.7. The third kappa shape index (κ3) is 4.37. The Morgan fingerprint density at radius 2 is 1.77 bits per heavy atom. The van der Waals surface area contributed by atoms with Crippen molar-refractivity contribution < 1.29 is 5.11 Å². The first kappa shape index (κ1) is 21.9. The molecule has 0 aliphatic heterocycles. The van der Waals surface area contributed by atoms with Gasteiger partial charge in [-0.2, -0.15) is 0 Å². The second kappa shape index (κ2) is 8.93. The molecule has 1 heterocycles. The Bertz CT molecular complexity index is 1260. The summed E-state index contributed by atoms with van der Waals surface area (Å²) in [7, 11) is 2.78. The van der Waals surface area contributed by atoms with Crippen LogP contribution in [-0.2, 0) is 19.8 Å². The predicted octanol–water partition coefficient (Wildman–Crippen LogP) is 4.07. The van der Waals surface area contributed by atoms with E-state index in [-0.39, 0.29) is 5.56 Å². The number of aliphatic imine (C=N–C) groups is 1. The van der Waals surface area contributed by atoms with Gasteiger partial charge in [-0.05, 0) is 48.7 Å². The zero-order chi connectivity index (χ0) is 22.0. The first-order valence-electron chi connectivity index (χ1n) is 9.22. The quantitative estimate of drug-likeness (QED) is 0.487. The van der Waals surface area contributed by atoms with Gasteiger partial charge in [0.1, 0.15) is 10.6 Å². The molecule has 2 aromatic carbocycles. The van der Waals surface area contributed by atoms with Crippen molar-refractivity contribution in [3.05, 3.63) is 90.6 Å². The molecular weight excluding hydrogens is 422 g/mol. The highest BCUT2D eigenvalue weighted by atomic mass is 35.5. The number of halogens is 1. The van der Waals surface area contributed by atoms with Crippen molar-refractivity contribution >= 4 is 34.1 Å². The molecule has 0 atom stereocenters. The number of aromatic nitrogens is 2. The lowest BCUT2D eigenvalue weighted by molar-refractivity contribution is 0.410. The van der Waals surface area contributed by atoms with Crippen LogP contribution >= 0.6 is 23.4 Å². The molecule has 1 aromatic heterocycles. The predicted molar refractivity (Wildman–Crippen MR) is 123 cm³/mol. The van der Waals surface area contributed by atoms with E-state index in [9.17, 15) is 14.7 Å². The number of hydrogen-bond acceptors (Lipinski definition) is 5. The van der Waals surface area contributed by atoms with E-state index in [2.05, 4.69) is 4.99 Å². The second-order valence-corrected chi connectivity index (χ2v) is 8.34. The van der Waals surface area contributed by atoms with Crippen molar-refractivity contribution in [2.45, 2.75) is 19.6 Å². The number of rotatable bonds is 4. The van der Waals surface area contributed by atoms with Crippen LogP contribution in [0.4, 0.5) is 5.69 Å². The Morgan fingerprint density at radius 3 is 2.43 bits per heavy atom. The highest BCUT2D eigenvalue weighted by Gasteiger charge is 2.21. The van der Waals surface area contributed by atoms with Crippen LogP contribution in [-0.4, -0.2) is 19.3 Å². The van der Waals surface area contributed by atoms with E-state index in [1.165, 1.54) is 25.9 Å². The number of hydrogen-bond donors (Lipinski definition) is 1. The summed E-state index contributed by atoms with van der Waals surface area (Å²) < 4.78 is 1.99. The van der Waals surface area contributed by atoms with Crippen LogP contribution in [0.2, 0.25) is 5.02 Å². The van der Waals surface area contributed by atoms with Crippen LogP contribution in [0, 0.1) is 13.8 Å². The zero-order valence-corrected chi connectivity index (χ0v) is 18.7. The van der Waals surface area contributed by atoms with Crippen molar-refractivity contribution in [1.82, 2.24) is 9.13 Å². The van der Waals surface area contributed by atoms with E-state index < -0.39 is 17.1 Å². The summed E-state index contributed by atoms with van der Waals surface area (Å²) in [5.41, 5.74) is 2.47. The summed E-state index contributed by atoms with van der Waals surface area (Å²) in [6.45, 7) is 3.98. The average Bonchev–Trinajstić information content (AvgIpc) is 2.72. The van der Waals surface area contributed by atoms with E-state index in [1.807, 2.05) is 50.2 Å². The second-order valence-electron chi connectivity index (χ2n) is 6.97. The Hall–Kier alpha value is -2.77. The van der Waals surface area contributed by atoms with Gasteiger partial charge in [0.2, 0.25) is 5.88 Å². The SMILES string of the molecule is Cc1ccc(N=C(SCc2ccccc2Cl)c2c(O)n(C)c(=O)n(C)c2=O)cc1C. The molecule has 0 aliphatic rings. The van der Waals surface area contributed by atoms with Crippen LogP contribution in [0.15, 0.2) is 57.0 Å². The minimum absolute atomic E-state index is 0.0186. The largest absolute Gasteiger partial charge is 0.494 e. The molecule has 0 radical (unpaired) electrons. The van der Waals surface area contributed by atoms with E-state index in [0.717, 1.165) is 25.8 Å². The maximum atomic E-state index is 12.9. The molecule has 0 spiro atoms. The fourth-order valence-corrected chi connectivity index (χ4v) is 4.17. The summed E-state index contributed by atoms with van der Waals surface area (Å²) in [6.07, 6.45) is 0. The van der Waals surface area contributed by atoms with E-state index in [1.54, 1.807) is 6.07 Å². The molecule has 3 aromatic rings. The molecule has 0 saturated carbocycles. The zero-order valence-electron chi connectivity index (χ0n) is 17.1. The number of aryl methyl sites for hydroxylation is 2. The standard InChI is InChI=1S/C22H22ClN3O3S/c1-13-9-10-16(11-14(13)2)24-19(30-12-15-7-5-6-8-17(15)23)18-20(27)25(3)22(29)26(4)21(18)28/h5-11,27H,12H2,1-4H3. The van der Waals surface area contributed by atoms with Gasteiger partial charge in [-0.3, -0.25) is 13.9 Å². The molecule has 0 unspecified atom stereocenters. The molecule has 3 rings (SSSR count). The van der Waals surface area contributed by atoms with Crippen molar-refractivity contribution in [3.63, 3.8) is 0 Å². The lowest BCUT2D eigenvalue weighted by Gasteiger charge is -2.13. The molecule has 0 amide bonds. The van der Waals surface area contributed by atoms with Crippen molar-refractivity contribution in [1.29, 1.82) is 0 Å². The van der Waals surface area contributed by atoms with Gasteiger partial charge < -0.3 is 5.11 Å². The van der Waals surface area contributed by atoms with Crippen molar-refractivity contribution in [2.24, 2.45) is 19.1 Å². The minimum atomic E-state index is -0.608. The molecule has 0 aliphatic carbocycles. The lowest BCUT2D eigenvalue weighted by Crippen LogP contribution is -2.39. The average molecular weight is 444 g/mol. The number of benzene rings is 2. The molecule has 0 saturated heterocycles. The van der Waals surface area contributed by atoms with Crippen molar-refractivity contribution in [3.8, 4) is 5.88 Å². The topological polar surface area (TPSA) is 76.6 Å². The highest BCUT2D eigenvalue weighted by Crippen LogP contribution is 2.28. The molecule has 8 heteroatoms. The summed E-state index contributed by atoms with van der Waals surface area (Å²) in [5, 5.41) is 11.5. The number of thioether (sulfide) groups is 1. The lowest BCUT2D eigenvalue weighted by atomic mass is 10.1. The van der Waals surface area contributed by atoms with Gasteiger partial charge in [-0.1, -0.05) is 35.9 Å². The molecule has 0 fully saturated rings. The van der Waals surface area contributed by atoms with Gasteiger partial charge in [-0.15, -0.1) is 11.8 Å². The molecule has 156 valence electrons. The van der Waals surface area contributed by atoms with E-state index in [4.69, 9.17) is 11.6 Å². The Labute approximate surface area is 183 Å². The van der Waals surface area contributed by atoms with Gasteiger partial charge in [0, 0.05) is 24.9 Å². The Kier molecular flexibility index (Phi) is 6.53. The smallest absolute Gasteiger partial charge is 0.333 e. The van der Waals surface area contributed by atoms with Gasteiger partial charge in [0.25, 0.3) is 5.56 Å². The first-order chi connectivity index (χ1) is 14.2.